The predicted octanol–water partition coefficient (Wildman–Crippen LogP) is 4.39. The first kappa shape index (κ1) is 17.6. The molecule has 0 bridgehead atoms. The van der Waals surface area contributed by atoms with Crippen LogP contribution >= 0.6 is 15.9 Å². The Morgan fingerprint density at radius 1 is 1.05 bits per heavy atom. The molecule has 0 spiro atoms. The number of hydrogen-bond acceptors (Lipinski definition) is 4. The lowest BCUT2D eigenvalue weighted by atomic mass is 10.0. The van der Waals surface area contributed by atoms with Gasteiger partial charge in [-0.25, -0.2) is 0 Å². The van der Waals surface area contributed by atoms with Crippen molar-refractivity contribution in [2.75, 3.05) is 20.0 Å². The van der Waals surface area contributed by atoms with Crippen LogP contribution in [0, 0.1) is 11.8 Å². The molecule has 1 aliphatic heterocycles. The normalized spacial score (nSPS) is 16.1. The standard InChI is InChI=1S/C17H25BrO4/c1-11(2)8-19-13(4)20-9-12(3)5-14-6-16-17(7-15(14)18)22-10-21-16/h6-7,11-13H,5,8-10H2,1-4H3/t12-,13+/m1/s1. The summed E-state index contributed by atoms with van der Waals surface area (Å²) < 4.78 is 23.2. The van der Waals surface area contributed by atoms with E-state index in [2.05, 4.69) is 36.7 Å². The maximum Gasteiger partial charge on any atom is 0.231 e. The molecule has 1 aromatic carbocycles. The van der Waals surface area contributed by atoms with Crippen LogP contribution in [-0.4, -0.2) is 26.3 Å². The first-order valence-corrected chi connectivity index (χ1v) is 8.56. The third-order valence-corrected chi connectivity index (χ3v) is 4.13. The maximum absolute atomic E-state index is 5.77. The molecule has 0 aromatic heterocycles. The molecular weight excluding hydrogens is 348 g/mol. The number of ether oxygens (including phenoxy) is 4. The fourth-order valence-corrected chi connectivity index (χ4v) is 2.71. The Hall–Kier alpha value is -0.780. The zero-order valence-electron chi connectivity index (χ0n) is 13.7. The Bertz CT molecular complexity index is 490. The zero-order valence-corrected chi connectivity index (χ0v) is 15.3. The second-order valence-corrected chi connectivity index (χ2v) is 7.09. The quantitative estimate of drug-likeness (QED) is 0.634. The molecule has 5 heteroatoms. The summed E-state index contributed by atoms with van der Waals surface area (Å²) in [5.74, 6) is 2.53. The van der Waals surface area contributed by atoms with Crippen molar-refractivity contribution >= 4 is 15.9 Å². The molecule has 0 amide bonds. The number of benzene rings is 1. The molecular formula is C17H25BrO4. The molecule has 2 rings (SSSR count). The summed E-state index contributed by atoms with van der Waals surface area (Å²) in [5, 5.41) is 0. The second-order valence-electron chi connectivity index (χ2n) is 6.23. The van der Waals surface area contributed by atoms with Crippen LogP contribution in [0.25, 0.3) is 0 Å². The molecule has 0 aliphatic carbocycles. The van der Waals surface area contributed by atoms with E-state index in [1.165, 1.54) is 5.56 Å². The van der Waals surface area contributed by atoms with Gasteiger partial charge < -0.3 is 18.9 Å². The highest BCUT2D eigenvalue weighted by atomic mass is 79.9. The summed E-state index contributed by atoms with van der Waals surface area (Å²) in [6, 6.07) is 4.02. The van der Waals surface area contributed by atoms with Crippen molar-refractivity contribution in [2.45, 2.75) is 40.4 Å². The Morgan fingerprint density at radius 2 is 1.68 bits per heavy atom. The molecule has 1 heterocycles. The van der Waals surface area contributed by atoms with E-state index in [0.717, 1.165) is 29.0 Å². The highest BCUT2D eigenvalue weighted by Gasteiger charge is 2.18. The van der Waals surface area contributed by atoms with Gasteiger partial charge >= 0.3 is 0 Å². The molecule has 0 N–H and O–H groups in total. The van der Waals surface area contributed by atoms with E-state index in [-0.39, 0.29) is 6.29 Å². The minimum absolute atomic E-state index is 0.162. The summed E-state index contributed by atoms with van der Waals surface area (Å²) in [6.45, 7) is 10.1. The van der Waals surface area contributed by atoms with Crippen molar-refractivity contribution in [3.05, 3.63) is 22.2 Å². The van der Waals surface area contributed by atoms with Gasteiger partial charge in [0, 0.05) is 4.47 Å². The van der Waals surface area contributed by atoms with Gasteiger partial charge in [-0.2, -0.15) is 0 Å². The van der Waals surface area contributed by atoms with Crippen LogP contribution in [0.15, 0.2) is 16.6 Å². The van der Waals surface area contributed by atoms with Gasteiger partial charge in [-0.1, -0.05) is 36.7 Å². The van der Waals surface area contributed by atoms with Gasteiger partial charge in [-0.05, 0) is 42.9 Å². The van der Waals surface area contributed by atoms with Crippen LogP contribution in [0.2, 0.25) is 0 Å². The lowest BCUT2D eigenvalue weighted by Gasteiger charge is -2.19. The fraction of sp³-hybridized carbons (Fsp3) is 0.647. The number of halogens is 1. The molecule has 22 heavy (non-hydrogen) atoms. The summed E-state index contributed by atoms with van der Waals surface area (Å²) in [7, 11) is 0. The van der Waals surface area contributed by atoms with Crippen LogP contribution in [0.4, 0.5) is 0 Å². The minimum Gasteiger partial charge on any atom is -0.454 e. The maximum atomic E-state index is 5.77. The zero-order chi connectivity index (χ0) is 16.1. The van der Waals surface area contributed by atoms with E-state index in [9.17, 15) is 0 Å². The van der Waals surface area contributed by atoms with Crippen LogP contribution < -0.4 is 9.47 Å². The molecule has 0 unspecified atom stereocenters. The van der Waals surface area contributed by atoms with Gasteiger partial charge in [0.05, 0.1) is 13.2 Å². The van der Waals surface area contributed by atoms with Gasteiger partial charge in [-0.3, -0.25) is 0 Å². The van der Waals surface area contributed by atoms with Gasteiger partial charge in [0.25, 0.3) is 0 Å². The molecule has 2 atom stereocenters. The second kappa shape index (κ2) is 8.18. The molecule has 4 nitrogen and oxygen atoms in total. The van der Waals surface area contributed by atoms with E-state index in [1.54, 1.807) is 0 Å². The Balaban J connectivity index is 1.81. The lowest BCUT2D eigenvalue weighted by molar-refractivity contribution is -0.143. The van der Waals surface area contributed by atoms with E-state index in [1.807, 2.05) is 19.1 Å². The minimum atomic E-state index is -0.162. The molecule has 1 aromatic rings. The van der Waals surface area contributed by atoms with E-state index >= 15 is 0 Å². The number of hydrogen-bond donors (Lipinski definition) is 0. The van der Waals surface area contributed by atoms with E-state index in [4.69, 9.17) is 18.9 Å². The van der Waals surface area contributed by atoms with Crippen molar-refractivity contribution in [1.29, 1.82) is 0 Å². The lowest BCUT2D eigenvalue weighted by Crippen LogP contribution is -2.20. The Labute approximate surface area is 141 Å². The Morgan fingerprint density at radius 3 is 2.36 bits per heavy atom. The number of fused-ring (bicyclic) bond motifs is 1. The predicted molar refractivity (Wildman–Crippen MR) is 89.3 cm³/mol. The molecule has 0 fully saturated rings. The van der Waals surface area contributed by atoms with E-state index < -0.39 is 0 Å². The third kappa shape index (κ3) is 5.14. The van der Waals surface area contributed by atoms with Crippen LogP contribution in [0.1, 0.15) is 33.3 Å². The Kier molecular flexibility index (Phi) is 6.53. The van der Waals surface area contributed by atoms with Gasteiger partial charge in [-0.15, -0.1) is 0 Å². The summed E-state index contributed by atoms with van der Waals surface area (Å²) >= 11 is 3.60. The van der Waals surface area contributed by atoms with Crippen molar-refractivity contribution in [1.82, 2.24) is 0 Å². The largest absolute Gasteiger partial charge is 0.454 e. The van der Waals surface area contributed by atoms with Gasteiger partial charge in [0.2, 0.25) is 6.79 Å². The fourth-order valence-electron chi connectivity index (χ4n) is 2.23. The van der Waals surface area contributed by atoms with E-state index in [0.29, 0.717) is 25.2 Å². The SMILES string of the molecule is CC(C)CO[C@H](C)OC[C@H](C)Cc1cc2c(cc1Br)OCO2. The monoisotopic (exact) mass is 372 g/mol. The van der Waals surface area contributed by atoms with Crippen molar-refractivity contribution in [3.8, 4) is 11.5 Å². The third-order valence-electron chi connectivity index (χ3n) is 3.39. The highest BCUT2D eigenvalue weighted by molar-refractivity contribution is 9.10. The molecule has 0 saturated carbocycles. The van der Waals surface area contributed by atoms with Gasteiger partial charge in [0.1, 0.15) is 0 Å². The topological polar surface area (TPSA) is 36.9 Å². The van der Waals surface area contributed by atoms with Crippen LogP contribution in [0.5, 0.6) is 11.5 Å². The first-order valence-electron chi connectivity index (χ1n) is 7.77. The highest BCUT2D eigenvalue weighted by Crippen LogP contribution is 2.37. The van der Waals surface area contributed by atoms with Gasteiger partial charge in [0.15, 0.2) is 17.8 Å². The van der Waals surface area contributed by atoms with Crippen molar-refractivity contribution in [2.24, 2.45) is 11.8 Å². The summed E-state index contributed by atoms with van der Waals surface area (Å²) in [5.41, 5.74) is 1.20. The molecule has 124 valence electrons. The van der Waals surface area contributed by atoms with Crippen LogP contribution in [0.3, 0.4) is 0 Å². The average molecular weight is 373 g/mol. The molecule has 1 aliphatic rings. The smallest absolute Gasteiger partial charge is 0.231 e. The summed E-state index contributed by atoms with van der Waals surface area (Å²) in [4.78, 5) is 0. The average Bonchev–Trinajstić information content (AvgIpc) is 2.90. The van der Waals surface area contributed by atoms with Crippen molar-refractivity contribution < 1.29 is 18.9 Å². The molecule has 0 saturated heterocycles. The molecule has 0 radical (unpaired) electrons. The van der Waals surface area contributed by atoms with Crippen molar-refractivity contribution in [3.63, 3.8) is 0 Å². The van der Waals surface area contributed by atoms with Crippen LogP contribution in [-0.2, 0) is 15.9 Å². The summed E-state index contributed by atoms with van der Waals surface area (Å²) in [6.07, 6.45) is 0.749. The number of rotatable bonds is 8. The first-order chi connectivity index (χ1) is 10.5.